The molecule has 0 radical (unpaired) electrons. The second-order valence-electron chi connectivity index (χ2n) is 6.66. The largest absolute Gasteiger partial charge is 0.492 e. The van der Waals surface area contributed by atoms with Crippen LogP contribution in [-0.2, 0) is 0 Å². The lowest BCUT2D eigenvalue weighted by molar-refractivity contribution is 0.338. The van der Waals surface area contributed by atoms with Crippen LogP contribution in [0.5, 0.6) is 5.75 Å². The third-order valence-corrected chi connectivity index (χ3v) is 5.27. The first kappa shape index (κ1) is 17.0. The van der Waals surface area contributed by atoms with Crippen molar-refractivity contribution in [1.82, 2.24) is 19.6 Å². The number of fused-ring (bicyclic) bond motifs is 3. The number of para-hydroxylation sites is 2. The molecule has 134 valence electrons. The minimum Gasteiger partial charge on any atom is -0.492 e. The first-order valence-corrected chi connectivity index (χ1v) is 9.80. The van der Waals surface area contributed by atoms with E-state index < -0.39 is 0 Å². The molecule has 0 aliphatic rings. The van der Waals surface area contributed by atoms with Crippen molar-refractivity contribution < 1.29 is 4.74 Å². The highest BCUT2D eigenvalue weighted by molar-refractivity contribution is 7.99. The number of rotatable bonds is 6. The average Bonchev–Trinajstić information content (AvgIpc) is 3.19. The number of hydrogen-bond acceptors (Lipinski definition) is 4. The van der Waals surface area contributed by atoms with Gasteiger partial charge in [0.2, 0.25) is 5.78 Å². The van der Waals surface area contributed by atoms with Gasteiger partial charge in [0.15, 0.2) is 5.16 Å². The third-order valence-electron chi connectivity index (χ3n) is 4.36. The Morgan fingerprint density at radius 2 is 2.04 bits per heavy atom. The number of aromatic amines is 1. The number of aryl methyl sites for hydroxylation is 1. The molecule has 6 heteroatoms. The third kappa shape index (κ3) is 3.17. The zero-order valence-corrected chi connectivity index (χ0v) is 16.0. The van der Waals surface area contributed by atoms with Crippen molar-refractivity contribution in [1.29, 1.82) is 0 Å². The Hall–Kier alpha value is -2.47. The van der Waals surface area contributed by atoms with Crippen LogP contribution in [0, 0.1) is 6.92 Å². The lowest BCUT2D eigenvalue weighted by Gasteiger charge is -2.14. The topological polar surface area (TPSA) is 55.2 Å². The van der Waals surface area contributed by atoms with Gasteiger partial charge < -0.3 is 4.74 Å². The summed E-state index contributed by atoms with van der Waals surface area (Å²) in [5, 5.41) is 8.30. The van der Waals surface area contributed by atoms with Gasteiger partial charge in [-0.3, -0.25) is 4.40 Å². The molecule has 0 unspecified atom stereocenters. The van der Waals surface area contributed by atoms with Crippen molar-refractivity contribution in [3.8, 4) is 5.75 Å². The van der Waals surface area contributed by atoms with Gasteiger partial charge in [0.1, 0.15) is 5.75 Å². The molecule has 4 rings (SSSR count). The standard InChI is InChI=1S/C20H22N4OS/c1-13(2)15-12-14(3)8-9-18(15)25-10-11-26-20-23-22-19-21-16-6-4-5-7-17(16)24(19)20/h4-9,12-13H,10-11H2,1-3H3,(H,21,22). The lowest BCUT2D eigenvalue weighted by atomic mass is 10.00. The fraction of sp³-hybridized carbons (Fsp3) is 0.300. The SMILES string of the molecule is Cc1ccc(OCCSc2n[nH]c3nc4ccccc4n23)c(C(C)C)c1. The van der Waals surface area contributed by atoms with Gasteiger partial charge in [-0.05, 0) is 36.6 Å². The molecule has 0 saturated carbocycles. The van der Waals surface area contributed by atoms with E-state index in [0.717, 1.165) is 33.5 Å². The summed E-state index contributed by atoms with van der Waals surface area (Å²) in [7, 11) is 0. The van der Waals surface area contributed by atoms with Gasteiger partial charge in [-0.15, -0.1) is 5.10 Å². The molecule has 0 fully saturated rings. The number of thioether (sulfide) groups is 1. The van der Waals surface area contributed by atoms with E-state index in [4.69, 9.17) is 4.74 Å². The maximum absolute atomic E-state index is 6.05. The Labute approximate surface area is 156 Å². The summed E-state index contributed by atoms with van der Waals surface area (Å²) < 4.78 is 8.11. The van der Waals surface area contributed by atoms with Crippen LogP contribution in [0.2, 0.25) is 0 Å². The fourth-order valence-electron chi connectivity index (χ4n) is 3.07. The molecule has 5 nitrogen and oxygen atoms in total. The summed E-state index contributed by atoms with van der Waals surface area (Å²) in [6.07, 6.45) is 0. The molecule has 0 amide bonds. The summed E-state index contributed by atoms with van der Waals surface area (Å²) in [5.41, 5.74) is 4.57. The van der Waals surface area contributed by atoms with Crippen LogP contribution in [-0.4, -0.2) is 31.9 Å². The van der Waals surface area contributed by atoms with E-state index in [2.05, 4.69) is 64.6 Å². The first-order chi connectivity index (χ1) is 12.6. The number of benzene rings is 2. The molecule has 0 spiro atoms. The molecule has 0 aliphatic heterocycles. The highest BCUT2D eigenvalue weighted by atomic mass is 32.2. The van der Waals surface area contributed by atoms with E-state index in [1.807, 2.05) is 18.2 Å². The Morgan fingerprint density at radius 3 is 2.88 bits per heavy atom. The van der Waals surface area contributed by atoms with E-state index in [-0.39, 0.29) is 0 Å². The van der Waals surface area contributed by atoms with Gasteiger partial charge in [-0.1, -0.05) is 55.4 Å². The van der Waals surface area contributed by atoms with Crippen LogP contribution in [0.3, 0.4) is 0 Å². The average molecular weight is 366 g/mol. The van der Waals surface area contributed by atoms with Crippen molar-refractivity contribution in [3.05, 3.63) is 53.6 Å². The van der Waals surface area contributed by atoms with Crippen molar-refractivity contribution in [3.63, 3.8) is 0 Å². The summed E-state index contributed by atoms with van der Waals surface area (Å²) in [6.45, 7) is 7.14. The summed E-state index contributed by atoms with van der Waals surface area (Å²) in [6, 6.07) is 14.5. The van der Waals surface area contributed by atoms with Crippen LogP contribution in [0.4, 0.5) is 0 Å². The van der Waals surface area contributed by atoms with E-state index >= 15 is 0 Å². The highest BCUT2D eigenvalue weighted by Crippen LogP contribution is 2.28. The number of hydrogen-bond donors (Lipinski definition) is 1. The zero-order chi connectivity index (χ0) is 18.1. The summed E-state index contributed by atoms with van der Waals surface area (Å²) in [5.74, 6) is 3.01. The molecule has 1 N–H and O–H groups in total. The quantitative estimate of drug-likeness (QED) is 0.393. The number of imidazole rings is 1. The van der Waals surface area contributed by atoms with Crippen LogP contribution in [0.15, 0.2) is 47.6 Å². The predicted molar refractivity (Wildman–Crippen MR) is 106 cm³/mol. The van der Waals surface area contributed by atoms with Crippen LogP contribution in [0.1, 0.15) is 30.9 Å². The number of H-pyrrole nitrogens is 1. The van der Waals surface area contributed by atoms with Crippen molar-refractivity contribution in [2.45, 2.75) is 31.8 Å². The zero-order valence-electron chi connectivity index (χ0n) is 15.2. The van der Waals surface area contributed by atoms with Crippen molar-refractivity contribution in [2.75, 3.05) is 12.4 Å². The molecule has 0 atom stereocenters. The molecule has 2 heterocycles. The Bertz CT molecular complexity index is 1050. The Kier molecular flexibility index (Phi) is 4.59. The first-order valence-electron chi connectivity index (χ1n) is 8.81. The Balaban J connectivity index is 1.45. The van der Waals surface area contributed by atoms with Crippen LogP contribution < -0.4 is 4.74 Å². The molecular weight excluding hydrogens is 344 g/mol. The number of ether oxygens (including phenoxy) is 1. The molecule has 2 aromatic carbocycles. The molecular formula is C20H22N4OS. The van der Waals surface area contributed by atoms with Crippen molar-refractivity contribution >= 4 is 28.6 Å². The summed E-state index contributed by atoms with van der Waals surface area (Å²) >= 11 is 1.67. The van der Waals surface area contributed by atoms with Gasteiger partial charge in [0, 0.05) is 5.75 Å². The monoisotopic (exact) mass is 366 g/mol. The van der Waals surface area contributed by atoms with E-state index in [1.54, 1.807) is 11.8 Å². The second kappa shape index (κ2) is 7.03. The highest BCUT2D eigenvalue weighted by Gasteiger charge is 2.12. The molecule has 0 bridgehead atoms. The van der Waals surface area contributed by atoms with Gasteiger partial charge in [-0.2, -0.15) is 0 Å². The molecule has 4 aromatic rings. The smallest absolute Gasteiger partial charge is 0.231 e. The van der Waals surface area contributed by atoms with Crippen LogP contribution in [0.25, 0.3) is 16.8 Å². The fourth-order valence-corrected chi connectivity index (χ4v) is 3.85. The van der Waals surface area contributed by atoms with Gasteiger partial charge in [0.05, 0.1) is 17.6 Å². The van der Waals surface area contributed by atoms with Gasteiger partial charge in [0.25, 0.3) is 0 Å². The number of aromatic nitrogens is 4. The predicted octanol–water partition coefficient (Wildman–Crippen LogP) is 4.81. The van der Waals surface area contributed by atoms with Gasteiger partial charge >= 0.3 is 0 Å². The van der Waals surface area contributed by atoms with E-state index in [9.17, 15) is 0 Å². The Morgan fingerprint density at radius 1 is 1.19 bits per heavy atom. The summed E-state index contributed by atoms with van der Waals surface area (Å²) in [4.78, 5) is 4.55. The molecule has 26 heavy (non-hydrogen) atoms. The normalized spacial score (nSPS) is 11.7. The van der Waals surface area contributed by atoms with Crippen LogP contribution >= 0.6 is 11.8 Å². The number of nitrogens with one attached hydrogen (secondary N) is 1. The minimum atomic E-state index is 0.445. The van der Waals surface area contributed by atoms with E-state index in [1.165, 1.54) is 11.1 Å². The lowest BCUT2D eigenvalue weighted by Crippen LogP contribution is -2.04. The maximum Gasteiger partial charge on any atom is 0.231 e. The maximum atomic E-state index is 6.05. The second-order valence-corrected chi connectivity index (χ2v) is 7.72. The van der Waals surface area contributed by atoms with E-state index in [0.29, 0.717) is 12.5 Å². The van der Waals surface area contributed by atoms with Crippen molar-refractivity contribution in [2.24, 2.45) is 0 Å². The molecule has 2 aromatic heterocycles. The minimum absolute atomic E-state index is 0.445. The van der Waals surface area contributed by atoms with Gasteiger partial charge in [-0.25, -0.2) is 10.1 Å². The molecule has 0 aliphatic carbocycles. The molecule has 0 saturated heterocycles. The number of nitrogens with zero attached hydrogens (tertiary/aromatic N) is 3.